The Morgan fingerprint density at radius 2 is 2.09 bits per heavy atom. The van der Waals surface area contributed by atoms with E-state index in [1.807, 2.05) is 25.9 Å². The lowest BCUT2D eigenvalue weighted by molar-refractivity contribution is -0.131. The van der Waals surface area contributed by atoms with Gasteiger partial charge in [0.05, 0.1) is 16.8 Å². The molecule has 1 aliphatic rings. The number of fused-ring (bicyclic) bond motifs is 1. The number of nitrogens with zero attached hydrogens (tertiary/aromatic N) is 5. The maximum absolute atomic E-state index is 12.7. The Kier molecular flexibility index (Phi) is 4.84. The number of thioether (sulfide) groups is 1. The van der Waals surface area contributed by atoms with Gasteiger partial charge in [-0.05, 0) is 19.8 Å². The van der Waals surface area contributed by atoms with E-state index in [9.17, 15) is 4.79 Å². The Hall–Kier alpha value is -1.63. The van der Waals surface area contributed by atoms with E-state index in [4.69, 9.17) is 0 Å². The van der Waals surface area contributed by atoms with E-state index < -0.39 is 0 Å². The highest BCUT2D eigenvalue weighted by molar-refractivity contribution is 8.00. The monoisotopic (exact) mass is 333 g/mol. The highest BCUT2D eigenvalue weighted by Crippen LogP contribution is 2.30. The first kappa shape index (κ1) is 16.2. The Labute approximate surface area is 140 Å². The molecule has 0 bridgehead atoms. The van der Waals surface area contributed by atoms with Gasteiger partial charge in [-0.25, -0.2) is 9.97 Å². The van der Waals surface area contributed by atoms with Crippen LogP contribution in [0.25, 0.3) is 11.0 Å². The molecule has 2 aromatic rings. The smallest absolute Gasteiger partial charge is 0.235 e. The van der Waals surface area contributed by atoms with E-state index in [0.717, 1.165) is 28.9 Å². The summed E-state index contributed by atoms with van der Waals surface area (Å²) in [7, 11) is 3.80. The summed E-state index contributed by atoms with van der Waals surface area (Å²) in [5.74, 6) is 0.178. The fourth-order valence-corrected chi connectivity index (χ4v) is 4.17. The van der Waals surface area contributed by atoms with Crippen LogP contribution in [0.4, 0.5) is 0 Å². The van der Waals surface area contributed by atoms with Gasteiger partial charge in [0.1, 0.15) is 11.4 Å². The van der Waals surface area contributed by atoms with Crippen LogP contribution < -0.4 is 0 Å². The van der Waals surface area contributed by atoms with E-state index >= 15 is 0 Å². The third kappa shape index (κ3) is 3.34. The van der Waals surface area contributed by atoms with Gasteiger partial charge in [0.15, 0.2) is 5.65 Å². The Morgan fingerprint density at radius 3 is 2.83 bits per heavy atom. The SMILES string of the molecule is C[C@H](Sc1ncnc2c1cnn2C)C(=O)N(C)C1CCCCC1. The third-order valence-electron chi connectivity index (χ3n) is 4.60. The molecule has 3 rings (SSSR count). The van der Waals surface area contributed by atoms with Crippen molar-refractivity contribution in [2.75, 3.05) is 7.05 Å². The molecule has 6 nitrogen and oxygen atoms in total. The van der Waals surface area contributed by atoms with Crippen LogP contribution in [0, 0.1) is 0 Å². The predicted octanol–water partition coefficient (Wildman–Crippen LogP) is 2.64. The summed E-state index contributed by atoms with van der Waals surface area (Å²) >= 11 is 1.49. The zero-order valence-electron chi connectivity index (χ0n) is 13.9. The van der Waals surface area contributed by atoms with Crippen LogP contribution in [-0.2, 0) is 11.8 Å². The maximum Gasteiger partial charge on any atom is 0.235 e. The standard InChI is InChI=1S/C16H23N5OS/c1-11(16(22)20(2)12-7-5-4-6-8-12)23-15-13-9-19-21(3)14(13)17-10-18-15/h9-12H,4-8H2,1-3H3/t11-/m0/s1. The Morgan fingerprint density at radius 1 is 1.35 bits per heavy atom. The number of amides is 1. The molecule has 0 radical (unpaired) electrons. The summed E-state index contributed by atoms with van der Waals surface area (Å²) in [6, 6.07) is 0.392. The Balaban J connectivity index is 1.72. The molecule has 1 saturated carbocycles. The van der Waals surface area contributed by atoms with Crippen LogP contribution in [0.3, 0.4) is 0 Å². The molecule has 1 amide bonds. The lowest BCUT2D eigenvalue weighted by Gasteiger charge is -2.32. The molecule has 124 valence electrons. The van der Waals surface area contributed by atoms with Gasteiger partial charge in [0.25, 0.3) is 0 Å². The zero-order chi connectivity index (χ0) is 16.4. The molecule has 0 saturated heterocycles. The second-order valence-electron chi connectivity index (χ2n) is 6.19. The number of hydrogen-bond acceptors (Lipinski definition) is 5. The van der Waals surface area contributed by atoms with Gasteiger partial charge in [0.2, 0.25) is 5.91 Å². The second kappa shape index (κ2) is 6.86. The topological polar surface area (TPSA) is 63.9 Å². The van der Waals surface area contributed by atoms with E-state index in [1.165, 1.54) is 37.4 Å². The molecule has 0 N–H and O–H groups in total. The summed E-state index contributed by atoms with van der Waals surface area (Å²) in [4.78, 5) is 23.3. The molecule has 2 heterocycles. The van der Waals surface area contributed by atoms with Gasteiger partial charge >= 0.3 is 0 Å². The normalized spacial score (nSPS) is 17.3. The van der Waals surface area contributed by atoms with Gasteiger partial charge < -0.3 is 4.90 Å². The van der Waals surface area contributed by atoms with Crippen LogP contribution in [-0.4, -0.2) is 48.9 Å². The van der Waals surface area contributed by atoms with Crippen molar-refractivity contribution in [1.29, 1.82) is 0 Å². The van der Waals surface area contributed by atoms with Crippen molar-refractivity contribution in [3.63, 3.8) is 0 Å². The number of rotatable bonds is 4. The van der Waals surface area contributed by atoms with Crippen molar-refractivity contribution in [3.8, 4) is 0 Å². The van der Waals surface area contributed by atoms with Crippen LogP contribution in [0.2, 0.25) is 0 Å². The van der Waals surface area contributed by atoms with Crippen LogP contribution in [0.15, 0.2) is 17.6 Å². The number of carbonyl (C=O) groups is 1. The molecule has 7 heteroatoms. The number of aryl methyl sites for hydroxylation is 1. The number of aromatic nitrogens is 4. The first-order valence-electron chi connectivity index (χ1n) is 8.14. The molecule has 1 atom stereocenters. The summed E-state index contributed by atoms with van der Waals surface area (Å²) in [5, 5.41) is 5.78. The second-order valence-corrected chi connectivity index (χ2v) is 7.51. The summed E-state index contributed by atoms with van der Waals surface area (Å²) in [6.07, 6.45) is 9.30. The first-order valence-corrected chi connectivity index (χ1v) is 9.02. The number of hydrogen-bond donors (Lipinski definition) is 0. The minimum Gasteiger partial charge on any atom is -0.342 e. The minimum absolute atomic E-state index is 0.166. The van der Waals surface area contributed by atoms with Crippen LogP contribution in [0.1, 0.15) is 39.0 Å². The Bertz CT molecular complexity index is 695. The van der Waals surface area contributed by atoms with E-state index in [1.54, 1.807) is 10.9 Å². The molecule has 1 aliphatic carbocycles. The molecule has 0 spiro atoms. The fraction of sp³-hybridized carbons (Fsp3) is 0.625. The van der Waals surface area contributed by atoms with Crippen molar-refractivity contribution in [2.45, 2.75) is 55.3 Å². The minimum atomic E-state index is -0.166. The van der Waals surface area contributed by atoms with Crippen LogP contribution >= 0.6 is 11.8 Å². The zero-order valence-corrected chi connectivity index (χ0v) is 14.7. The van der Waals surface area contributed by atoms with E-state index in [-0.39, 0.29) is 11.2 Å². The lowest BCUT2D eigenvalue weighted by atomic mass is 9.94. The van der Waals surface area contributed by atoms with Crippen molar-refractivity contribution in [1.82, 2.24) is 24.6 Å². The van der Waals surface area contributed by atoms with E-state index in [0.29, 0.717) is 6.04 Å². The maximum atomic E-state index is 12.7. The molecular formula is C16H23N5OS. The van der Waals surface area contributed by atoms with Gasteiger partial charge in [-0.2, -0.15) is 5.10 Å². The fourth-order valence-electron chi connectivity index (χ4n) is 3.19. The van der Waals surface area contributed by atoms with Gasteiger partial charge in [0, 0.05) is 20.1 Å². The average molecular weight is 333 g/mol. The molecule has 1 fully saturated rings. The molecular weight excluding hydrogens is 310 g/mol. The van der Waals surface area contributed by atoms with Crippen molar-refractivity contribution >= 4 is 28.7 Å². The molecule has 0 aromatic carbocycles. The first-order chi connectivity index (χ1) is 11.1. The van der Waals surface area contributed by atoms with Crippen LogP contribution in [0.5, 0.6) is 0 Å². The van der Waals surface area contributed by atoms with Gasteiger partial charge in [-0.3, -0.25) is 9.48 Å². The van der Waals surface area contributed by atoms with Gasteiger partial charge in [-0.1, -0.05) is 31.0 Å². The highest BCUT2D eigenvalue weighted by atomic mass is 32.2. The average Bonchev–Trinajstić information content (AvgIpc) is 2.97. The quantitative estimate of drug-likeness (QED) is 0.636. The molecule has 23 heavy (non-hydrogen) atoms. The van der Waals surface area contributed by atoms with Crippen molar-refractivity contribution in [3.05, 3.63) is 12.5 Å². The van der Waals surface area contributed by atoms with Crippen molar-refractivity contribution in [2.24, 2.45) is 7.05 Å². The predicted molar refractivity (Wildman–Crippen MR) is 91.3 cm³/mol. The molecule has 0 aliphatic heterocycles. The summed E-state index contributed by atoms with van der Waals surface area (Å²) in [5.41, 5.74) is 0.794. The molecule has 0 unspecified atom stereocenters. The van der Waals surface area contributed by atoms with E-state index in [2.05, 4.69) is 15.1 Å². The lowest BCUT2D eigenvalue weighted by Crippen LogP contribution is -2.42. The summed E-state index contributed by atoms with van der Waals surface area (Å²) < 4.78 is 1.72. The largest absolute Gasteiger partial charge is 0.342 e. The number of carbonyl (C=O) groups excluding carboxylic acids is 1. The van der Waals surface area contributed by atoms with Crippen molar-refractivity contribution < 1.29 is 4.79 Å². The summed E-state index contributed by atoms with van der Waals surface area (Å²) in [6.45, 7) is 1.95. The molecule has 2 aromatic heterocycles. The van der Waals surface area contributed by atoms with Gasteiger partial charge in [-0.15, -0.1) is 0 Å². The third-order valence-corrected chi connectivity index (χ3v) is 5.70. The highest BCUT2D eigenvalue weighted by Gasteiger charge is 2.27.